The molecule has 0 atom stereocenters. The molecule has 3 N–H and O–H groups in total. The Kier molecular flexibility index (Phi) is 6.31. The largest absolute Gasteiger partial charge is 0.462 e. The van der Waals surface area contributed by atoms with Crippen molar-refractivity contribution in [1.29, 1.82) is 0 Å². The molecular formula is C20H20N6O3. The van der Waals surface area contributed by atoms with Crippen LogP contribution in [0.4, 0.5) is 28.8 Å². The lowest BCUT2D eigenvalue weighted by atomic mass is 10.2. The molecule has 0 fully saturated rings. The Morgan fingerprint density at radius 1 is 1.00 bits per heavy atom. The number of nitrogens with zero attached hydrogens (tertiary/aromatic N) is 3. The molecule has 0 aliphatic carbocycles. The van der Waals surface area contributed by atoms with E-state index in [4.69, 9.17) is 4.74 Å². The van der Waals surface area contributed by atoms with Gasteiger partial charge < -0.3 is 20.7 Å². The number of rotatable bonds is 7. The molecular weight excluding hydrogens is 372 g/mol. The molecule has 3 aromatic rings. The van der Waals surface area contributed by atoms with Crippen LogP contribution in [0.2, 0.25) is 0 Å². The Morgan fingerprint density at radius 3 is 2.48 bits per heavy atom. The van der Waals surface area contributed by atoms with Gasteiger partial charge in [-0.1, -0.05) is 6.07 Å². The smallest absolute Gasteiger partial charge is 0.338 e. The van der Waals surface area contributed by atoms with Gasteiger partial charge in [0.25, 0.3) is 0 Å². The first-order chi connectivity index (χ1) is 14.0. The lowest BCUT2D eigenvalue weighted by molar-refractivity contribution is -0.114. The van der Waals surface area contributed by atoms with E-state index in [1.54, 1.807) is 49.4 Å². The van der Waals surface area contributed by atoms with Crippen LogP contribution in [0.25, 0.3) is 0 Å². The fraction of sp³-hybridized carbons (Fsp3) is 0.150. The number of amides is 1. The Morgan fingerprint density at radius 2 is 1.76 bits per heavy atom. The van der Waals surface area contributed by atoms with Crippen molar-refractivity contribution >= 4 is 40.7 Å². The van der Waals surface area contributed by atoms with E-state index in [9.17, 15) is 9.59 Å². The van der Waals surface area contributed by atoms with Crippen LogP contribution in [0.15, 0.2) is 54.7 Å². The van der Waals surface area contributed by atoms with Crippen LogP contribution >= 0.6 is 0 Å². The number of anilines is 5. The monoisotopic (exact) mass is 392 g/mol. The first-order valence-corrected chi connectivity index (χ1v) is 8.92. The van der Waals surface area contributed by atoms with Crippen molar-refractivity contribution in [3.05, 3.63) is 60.3 Å². The van der Waals surface area contributed by atoms with Gasteiger partial charge in [0.05, 0.1) is 18.4 Å². The summed E-state index contributed by atoms with van der Waals surface area (Å²) in [5.74, 6) is 0.249. The molecule has 0 aliphatic heterocycles. The molecule has 3 rings (SSSR count). The summed E-state index contributed by atoms with van der Waals surface area (Å²) >= 11 is 0. The third-order valence-electron chi connectivity index (χ3n) is 3.67. The molecule has 0 aliphatic rings. The number of ether oxygens (including phenoxy) is 1. The highest BCUT2D eigenvalue weighted by Crippen LogP contribution is 2.20. The molecule has 0 spiro atoms. The van der Waals surface area contributed by atoms with Crippen molar-refractivity contribution in [3.8, 4) is 0 Å². The summed E-state index contributed by atoms with van der Waals surface area (Å²) in [6, 6.07) is 14.0. The van der Waals surface area contributed by atoms with E-state index >= 15 is 0 Å². The summed E-state index contributed by atoms with van der Waals surface area (Å²) in [4.78, 5) is 27.3. The van der Waals surface area contributed by atoms with E-state index in [1.165, 1.54) is 13.1 Å². The van der Waals surface area contributed by atoms with E-state index in [1.807, 2.05) is 6.07 Å². The van der Waals surface area contributed by atoms with Crippen LogP contribution < -0.4 is 16.0 Å². The standard InChI is InChI=1S/C20H20N6O3/c1-3-29-19(28)14-7-9-15(10-8-14)23-18-12-21-26-20(25-18)24-17-6-4-5-16(11-17)22-13(2)27/h4-12H,3H2,1-2H3,(H,22,27)(H2,23,24,25,26). The van der Waals surface area contributed by atoms with Crippen LogP contribution in [0.3, 0.4) is 0 Å². The Balaban J connectivity index is 1.68. The third kappa shape index (κ3) is 5.73. The summed E-state index contributed by atoms with van der Waals surface area (Å²) < 4.78 is 4.97. The van der Waals surface area contributed by atoms with Crippen LogP contribution in [0.1, 0.15) is 24.2 Å². The van der Waals surface area contributed by atoms with Crippen molar-refractivity contribution in [2.24, 2.45) is 0 Å². The number of hydrogen-bond donors (Lipinski definition) is 3. The van der Waals surface area contributed by atoms with Crippen molar-refractivity contribution in [3.63, 3.8) is 0 Å². The third-order valence-corrected chi connectivity index (χ3v) is 3.67. The van der Waals surface area contributed by atoms with E-state index in [2.05, 4.69) is 31.1 Å². The predicted molar refractivity (Wildman–Crippen MR) is 110 cm³/mol. The maximum absolute atomic E-state index is 11.7. The minimum absolute atomic E-state index is 0.153. The minimum Gasteiger partial charge on any atom is -0.462 e. The summed E-state index contributed by atoms with van der Waals surface area (Å²) in [6.45, 7) is 3.54. The summed E-state index contributed by atoms with van der Waals surface area (Å²) in [6.07, 6.45) is 1.48. The van der Waals surface area contributed by atoms with Gasteiger partial charge in [-0.05, 0) is 49.4 Å². The van der Waals surface area contributed by atoms with Gasteiger partial charge in [-0.3, -0.25) is 4.79 Å². The zero-order chi connectivity index (χ0) is 20.6. The molecule has 2 aromatic carbocycles. The second-order valence-electron chi connectivity index (χ2n) is 5.98. The summed E-state index contributed by atoms with van der Waals surface area (Å²) in [5, 5.41) is 16.8. The molecule has 0 bridgehead atoms. The van der Waals surface area contributed by atoms with Gasteiger partial charge >= 0.3 is 5.97 Å². The van der Waals surface area contributed by atoms with Crippen molar-refractivity contribution < 1.29 is 14.3 Å². The van der Waals surface area contributed by atoms with Crippen LogP contribution in [-0.4, -0.2) is 33.7 Å². The van der Waals surface area contributed by atoms with Gasteiger partial charge in [-0.25, -0.2) is 4.79 Å². The molecule has 9 nitrogen and oxygen atoms in total. The number of benzene rings is 2. The van der Waals surface area contributed by atoms with Crippen LogP contribution in [0, 0.1) is 0 Å². The zero-order valence-electron chi connectivity index (χ0n) is 16.0. The molecule has 1 aromatic heterocycles. The lowest BCUT2D eigenvalue weighted by Gasteiger charge is -2.09. The number of esters is 1. The van der Waals surface area contributed by atoms with Gasteiger partial charge in [0.15, 0.2) is 5.82 Å². The van der Waals surface area contributed by atoms with Crippen LogP contribution in [0.5, 0.6) is 0 Å². The normalized spacial score (nSPS) is 10.1. The first kappa shape index (κ1) is 19.7. The minimum atomic E-state index is -0.365. The quantitative estimate of drug-likeness (QED) is 0.523. The molecule has 148 valence electrons. The predicted octanol–water partition coefficient (Wildman–Crippen LogP) is 3.49. The average molecular weight is 392 g/mol. The molecule has 0 radical (unpaired) electrons. The average Bonchev–Trinajstić information content (AvgIpc) is 2.69. The Hall–Kier alpha value is -4.01. The van der Waals surface area contributed by atoms with E-state index in [0.29, 0.717) is 29.4 Å². The second-order valence-corrected chi connectivity index (χ2v) is 5.98. The molecule has 0 saturated heterocycles. The number of aromatic nitrogens is 3. The number of carbonyl (C=O) groups excluding carboxylic acids is 2. The highest BCUT2D eigenvalue weighted by atomic mass is 16.5. The fourth-order valence-corrected chi connectivity index (χ4v) is 2.48. The van der Waals surface area contributed by atoms with Crippen molar-refractivity contribution in [1.82, 2.24) is 15.2 Å². The molecule has 0 unspecified atom stereocenters. The van der Waals surface area contributed by atoms with Crippen LogP contribution in [-0.2, 0) is 9.53 Å². The maximum Gasteiger partial charge on any atom is 0.338 e. The second kappa shape index (κ2) is 9.27. The molecule has 29 heavy (non-hydrogen) atoms. The molecule has 0 saturated carbocycles. The lowest BCUT2D eigenvalue weighted by Crippen LogP contribution is -2.06. The fourth-order valence-electron chi connectivity index (χ4n) is 2.48. The number of nitrogens with one attached hydrogen (secondary N) is 3. The SMILES string of the molecule is CCOC(=O)c1ccc(Nc2cnnc(Nc3cccc(NC(C)=O)c3)n2)cc1. The van der Waals surface area contributed by atoms with Gasteiger partial charge in [0.2, 0.25) is 11.9 Å². The zero-order valence-corrected chi connectivity index (χ0v) is 16.0. The van der Waals surface area contributed by atoms with Crippen molar-refractivity contribution in [2.75, 3.05) is 22.6 Å². The van der Waals surface area contributed by atoms with E-state index < -0.39 is 0 Å². The first-order valence-electron chi connectivity index (χ1n) is 8.92. The Bertz CT molecular complexity index is 1010. The van der Waals surface area contributed by atoms with Gasteiger partial charge in [0.1, 0.15) is 0 Å². The molecule has 1 amide bonds. The highest BCUT2D eigenvalue weighted by molar-refractivity contribution is 5.90. The molecule has 9 heteroatoms. The van der Waals surface area contributed by atoms with E-state index in [0.717, 1.165) is 5.69 Å². The van der Waals surface area contributed by atoms with Gasteiger partial charge in [0, 0.05) is 24.0 Å². The van der Waals surface area contributed by atoms with Crippen molar-refractivity contribution in [2.45, 2.75) is 13.8 Å². The number of hydrogen-bond acceptors (Lipinski definition) is 8. The Labute approximate surface area is 167 Å². The van der Waals surface area contributed by atoms with E-state index in [-0.39, 0.29) is 17.8 Å². The summed E-state index contributed by atoms with van der Waals surface area (Å²) in [5.41, 5.74) is 2.57. The molecule has 1 heterocycles. The summed E-state index contributed by atoms with van der Waals surface area (Å²) in [7, 11) is 0. The number of carbonyl (C=O) groups is 2. The van der Waals surface area contributed by atoms with Gasteiger partial charge in [-0.2, -0.15) is 10.1 Å². The topological polar surface area (TPSA) is 118 Å². The van der Waals surface area contributed by atoms with Gasteiger partial charge in [-0.15, -0.1) is 5.10 Å². The maximum atomic E-state index is 11.7. The highest BCUT2D eigenvalue weighted by Gasteiger charge is 2.07.